The minimum absolute atomic E-state index is 0.333. The molecule has 2 atom stereocenters. The molecule has 0 saturated heterocycles. The van der Waals surface area contributed by atoms with Gasteiger partial charge in [-0.05, 0) is 32.1 Å². The molecule has 0 aliphatic heterocycles. The monoisotopic (exact) mass is 241 g/mol. The summed E-state index contributed by atoms with van der Waals surface area (Å²) in [6.45, 7) is 1.95. The second kappa shape index (κ2) is 4.76. The molecule has 90 valence electrons. The van der Waals surface area contributed by atoms with E-state index >= 15 is 0 Å². The molecule has 3 nitrogen and oxygen atoms in total. The fourth-order valence-corrected chi connectivity index (χ4v) is 2.88. The summed E-state index contributed by atoms with van der Waals surface area (Å²) in [5.74, 6) is 0.570. The summed E-state index contributed by atoms with van der Waals surface area (Å²) < 4.78 is 1.90. The van der Waals surface area contributed by atoms with Crippen molar-refractivity contribution in [1.82, 2.24) is 9.78 Å². The average Bonchev–Trinajstić information content (AvgIpc) is 2.48. The molecule has 0 amide bonds. The van der Waals surface area contributed by atoms with E-state index in [2.05, 4.69) is 5.10 Å². The smallest absolute Gasteiger partial charge is 0.0847 e. The predicted molar refractivity (Wildman–Crippen MR) is 66.6 cm³/mol. The van der Waals surface area contributed by atoms with Gasteiger partial charge in [-0.25, -0.2) is 0 Å². The van der Waals surface area contributed by atoms with E-state index in [1.807, 2.05) is 18.7 Å². The number of halogens is 1. The number of hydrogen-bond acceptors (Lipinski definition) is 2. The van der Waals surface area contributed by atoms with Gasteiger partial charge in [-0.1, -0.05) is 24.4 Å². The first-order valence-corrected chi connectivity index (χ1v) is 6.41. The van der Waals surface area contributed by atoms with Crippen molar-refractivity contribution in [2.45, 2.75) is 45.1 Å². The molecule has 2 N–H and O–H groups in total. The second-order valence-corrected chi connectivity index (χ2v) is 5.26. The van der Waals surface area contributed by atoms with Gasteiger partial charge in [-0.2, -0.15) is 5.10 Å². The number of nitrogens with two attached hydrogens (primary N) is 1. The molecule has 0 aromatic carbocycles. The van der Waals surface area contributed by atoms with E-state index in [4.69, 9.17) is 17.3 Å². The van der Waals surface area contributed by atoms with Gasteiger partial charge < -0.3 is 5.73 Å². The maximum atomic E-state index is 6.26. The zero-order chi connectivity index (χ0) is 11.7. The Kier molecular flexibility index (Phi) is 3.55. The SMILES string of the molecule is Cc1nn(C)c(CC2CCCCC2N)c1Cl. The summed E-state index contributed by atoms with van der Waals surface area (Å²) in [5, 5.41) is 5.16. The zero-order valence-corrected chi connectivity index (χ0v) is 10.8. The van der Waals surface area contributed by atoms with Crippen LogP contribution in [-0.2, 0) is 13.5 Å². The van der Waals surface area contributed by atoms with Crippen molar-refractivity contribution in [2.24, 2.45) is 18.7 Å². The van der Waals surface area contributed by atoms with E-state index in [0.717, 1.165) is 29.3 Å². The highest BCUT2D eigenvalue weighted by molar-refractivity contribution is 6.31. The fourth-order valence-electron chi connectivity index (χ4n) is 2.64. The topological polar surface area (TPSA) is 43.8 Å². The van der Waals surface area contributed by atoms with Crippen molar-refractivity contribution in [3.63, 3.8) is 0 Å². The van der Waals surface area contributed by atoms with Crippen LogP contribution in [0.2, 0.25) is 5.02 Å². The first-order valence-electron chi connectivity index (χ1n) is 6.03. The van der Waals surface area contributed by atoms with Gasteiger partial charge in [-0.15, -0.1) is 0 Å². The van der Waals surface area contributed by atoms with Gasteiger partial charge in [0.25, 0.3) is 0 Å². The molecule has 1 heterocycles. The van der Waals surface area contributed by atoms with Crippen molar-refractivity contribution in [3.8, 4) is 0 Å². The van der Waals surface area contributed by atoms with Crippen LogP contribution in [0.15, 0.2) is 0 Å². The molecule has 2 unspecified atom stereocenters. The van der Waals surface area contributed by atoms with Gasteiger partial charge in [0.05, 0.1) is 16.4 Å². The van der Waals surface area contributed by atoms with Crippen molar-refractivity contribution in [2.75, 3.05) is 0 Å². The van der Waals surface area contributed by atoms with E-state index < -0.39 is 0 Å². The summed E-state index contributed by atoms with van der Waals surface area (Å²) >= 11 is 6.26. The van der Waals surface area contributed by atoms with Gasteiger partial charge in [0.1, 0.15) is 0 Å². The molecule has 1 fully saturated rings. The quantitative estimate of drug-likeness (QED) is 0.865. The Bertz CT molecular complexity index is 373. The Labute approximate surface area is 102 Å². The lowest BCUT2D eigenvalue weighted by molar-refractivity contribution is 0.302. The largest absolute Gasteiger partial charge is 0.327 e. The van der Waals surface area contributed by atoms with Crippen LogP contribution in [0, 0.1) is 12.8 Å². The van der Waals surface area contributed by atoms with Crippen molar-refractivity contribution in [3.05, 3.63) is 16.4 Å². The van der Waals surface area contributed by atoms with Crippen LogP contribution in [0.4, 0.5) is 0 Å². The molecule has 1 aliphatic rings. The maximum absolute atomic E-state index is 6.26. The molecule has 1 aromatic heterocycles. The molecule has 0 spiro atoms. The second-order valence-electron chi connectivity index (χ2n) is 4.88. The van der Waals surface area contributed by atoms with Crippen LogP contribution in [0.25, 0.3) is 0 Å². The predicted octanol–water partition coefficient (Wildman–Crippen LogP) is 2.44. The van der Waals surface area contributed by atoms with E-state index in [1.165, 1.54) is 19.3 Å². The highest BCUT2D eigenvalue weighted by Gasteiger charge is 2.24. The molecule has 4 heteroatoms. The summed E-state index contributed by atoms with van der Waals surface area (Å²) in [4.78, 5) is 0. The van der Waals surface area contributed by atoms with Crippen molar-refractivity contribution < 1.29 is 0 Å². The number of hydrogen-bond donors (Lipinski definition) is 1. The van der Waals surface area contributed by atoms with Crippen molar-refractivity contribution in [1.29, 1.82) is 0 Å². The third-order valence-corrected chi connectivity index (χ3v) is 4.18. The lowest BCUT2D eigenvalue weighted by Gasteiger charge is -2.28. The third kappa shape index (κ3) is 2.25. The molecular weight excluding hydrogens is 222 g/mol. The van der Waals surface area contributed by atoms with Crippen LogP contribution in [0.1, 0.15) is 37.1 Å². The third-order valence-electron chi connectivity index (χ3n) is 3.69. The van der Waals surface area contributed by atoms with Crippen LogP contribution >= 0.6 is 11.6 Å². The molecule has 0 bridgehead atoms. The van der Waals surface area contributed by atoms with Crippen LogP contribution in [0.3, 0.4) is 0 Å². The average molecular weight is 242 g/mol. The van der Waals surface area contributed by atoms with Crippen LogP contribution < -0.4 is 5.73 Å². The molecular formula is C12H20ClN3. The molecule has 1 saturated carbocycles. The normalized spacial score (nSPS) is 26.0. The lowest BCUT2D eigenvalue weighted by Crippen LogP contribution is -2.34. The highest BCUT2D eigenvalue weighted by Crippen LogP contribution is 2.29. The van der Waals surface area contributed by atoms with E-state index in [1.54, 1.807) is 0 Å². The Hall–Kier alpha value is -0.540. The van der Waals surface area contributed by atoms with Crippen molar-refractivity contribution >= 4 is 11.6 Å². The van der Waals surface area contributed by atoms with Crippen LogP contribution in [-0.4, -0.2) is 15.8 Å². The molecule has 1 aliphatic carbocycles. The first-order chi connectivity index (χ1) is 7.59. The Morgan fingerprint density at radius 3 is 2.69 bits per heavy atom. The zero-order valence-electron chi connectivity index (χ0n) is 10.0. The molecule has 2 rings (SSSR count). The number of rotatable bonds is 2. The number of aryl methyl sites for hydroxylation is 2. The van der Waals surface area contributed by atoms with Gasteiger partial charge in [0, 0.05) is 13.1 Å². The summed E-state index contributed by atoms with van der Waals surface area (Å²) in [6.07, 6.45) is 5.92. The molecule has 16 heavy (non-hydrogen) atoms. The van der Waals surface area contributed by atoms with Gasteiger partial charge in [0.2, 0.25) is 0 Å². The standard InChI is InChI=1S/C12H20ClN3/c1-8-12(13)11(16(2)15-8)7-9-5-3-4-6-10(9)14/h9-10H,3-7,14H2,1-2H3. The minimum Gasteiger partial charge on any atom is -0.327 e. The first kappa shape index (κ1) is 11.9. The van der Waals surface area contributed by atoms with Gasteiger partial charge in [-0.3, -0.25) is 4.68 Å². The van der Waals surface area contributed by atoms with Gasteiger partial charge in [0.15, 0.2) is 0 Å². The summed E-state index contributed by atoms with van der Waals surface area (Å²) in [7, 11) is 1.96. The fraction of sp³-hybridized carbons (Fsp3) is 0.750. The highest BCUT2D eigenvalue weighted by atomic mass is 35.5. The van der Waals surface area contributed by atoms with E-state index in [9.17, 15) is 0 Å². The number of nitrogens with zero attached hydrogens (tertiary/aromatic N) is 2. The molecule has 1 aromatic rings. The maximum Gasteiger partial charge on any atom is 0.0847 e. The minimum atomic E-state index is 0.333. The molecule has 0 radical (unpaired) electrons. The summed E-state index contributed by atoms with van der Waals surface area (Å²) in [6, 6.07) is 0.333. The summed E-state index contributed by atoms with van der Waals surface area (Å²) in [5.41, 5.74) is 8.22. The number of aromatic nitrogens is 2. The van der Waals surface area contributed by atoms with Gasteiger partial charge >= 0.3 is 0 Å². The van der Waals surface area contributed by atoms with E-state index in [0.29, 0.717) is 12.0 Å². The Morgan fingerprint density at radius 1 is 1.44 bits per heavy atom. The Morgan fingerprint density at radius 2 is 2.12 bits per heavy atom. The van der Waals surface area contributed by atoms with E-state index in [-0.39, 0.29) is 0 Å². The lowest BCUT2D eigenvalue weighted by atomic mass is 9.82. The van der Waals surface area contributed by atoms with Crippen LogP contribution in [0.5, 0.6) is 0 Å². The Balaban J connectivity index is 2.13.